The topological polar surface area (TPSA) is 64.3 Å². The summed E-state index contributed by atoms with van der Waals surface area (Å²) in [6, 6.07) is 23.3. The van der Waals surface area contributed by atoms with Crippen molar-refractivity contribution in [1.82, 2.24) is 9.97 Å². The number of rotatable bonds is 5. The van der Waals surface area contributed by atoms with E-state index in [1.807, 2.05) is 13.0 Å². The number of nitrogen functional groups attached to an aromatic ring is 1. The Morgan fingerprint density at radius 2 is 1.68 bits per heavy atom. The predicted molar refractivity (Wildman–Crippen MR) is 112 cm³/mol. The van der Waals surface area contributed by atoms with Crippen LogP contribution in [0.2, 0.25) is 0 Å². The molecule has 1 aromatic heterocycles. The van der Waals surface area contributed by atoms with E-state index in [-0.39, 0.29) is 6.10 Å². The lowest BCUT2D eigenvalue weighted by molar-refractivity contribution is 0.0324. The van der Waals surface area contributed by atoms with Crippen molar-refractivity contribution in [3.05, 3.63) is 83.6 Å². The normalized spacial score (nSPS) is 17.1. The second-order valence-corrected chi connectivity index (χ2v) is 7.27. The largest absolute Gasteiger partial charge is 0.375 e. The summed E-state index contributed by atoms with van der Waals surface area (Å²) in [6.07, 6.45) is 1.04. The zero-order valence-corrected chi connectivity index (χ0v) is 16.2. The molecule has 3 aromatic rings. The molecule has 2 heterocycles. The molecule has 5 nitrogen and oxygen atoms in total. The summed E-state index contributed by atoms with van der Waals surface area (Å²) in [5, 5.41) is 0. The van der Waals surface area contributed by atoms with Crippen molar-refractivity contribution in [2.45, 2.75) is 25.4 Å². The summed E-state index contributed by atoms with van der Waals surface area (Å²) >= 11 is 0. The smallest absolute Gasteiger partial charge is 0.222 e. The minimum absolute atomic E-state index is 0.121. The number of nitrogens with zero attached hydrogens (tertiary/aromatic N) is 3. The van der Waals surface area contributed by atoms with Gasteiger partial charge >= 0.3 is 0 Å². The predicted octanol–water partition coefficient (Wildman–Crippen LogP) is 3.79. The molecule has 1 saturated heterocycles. The number of aryl methyl sites for hydroxylation is 1. The van der Waals surface area contributed by atoms with Crippen molar-refractivity contribution in [3.63, 3.8) is 0 Å². The van der Waals surface area contributed by atoms with E-state index in [0.717, 1.165) is 31.0 Å². The van der Waals surface area contributed by atoms with Gasteiger partial charge < -0.3 is 15.4 Å². The Balaban J connectivity index is 1.55. The van der Waals surface area contributed by atoms with Crippen molar-refractivity contribution in [1.29, 1.82) is 0 Å². The van der Waals surface area contributed by atoms with Gasteiger partial charge in [-0.15, -0.1) is 0 Å². The van der Waals surface area contributed by atoms with Crippen LogP contribution in [0, 0.1) is 6.92 Å². The van der Waals surface area contributed by atoms with E-state index in [2.05, 4.69) is 75.5 Å². The van der Waals surface area contributed by atoms with Crippen LogP contribution in [0.1, 0.15) is 29.2 Å². The van der Waals surface area contributed by atoms with Crippen LogP contribution in [-0.2, 0) is 4.74 Å². The molecule has 28 heavy (non-hydrogen) atoms. The third-order valence-corrected chi connectivity index (χ3v) is 5.22. The van der Waals surface area contributed by atoms with E-state index in [4.69, 9.17) is 10.5 Å². The lowest BCUT2D eigenvalue weighted by Gasteiger charge is -2.35. The van der Waals surface area contributed by atoms with E-state index >= 15 is 0 Å². The minimum atomic E-state index is 0.121. The molecule has 144 valence electrons. The molecular formula is C23H26N4O. The highest BCUT2D eigenvalue weighted by Gasteiger charge is 2.26. The van der Waals surface area contributed by atoms with Gasteiger partial charge in [0, 0.05) is 30.8 Å². The van der Waals surface area contributed by atoms with Crippen LogP contribution >= 0.6 is 0 Å². The number of hydrogen-bond donors (Lipinski definition) is 1. The van der Waals surface area contributed by atoms with Crippen molar-refractivity contribution in [2.75, 3.05) is 30.3 Å². The molecular weight excluding hydrogens is 348 g/mol. The lowest BCUT2D eigenvalue weighted by atomic mass is 9.86. The number of morpholine rings is 1. The van der Waals surface area contributed by atoms with Gasteiger partial charge in [0.15, 0.2) is 0 Å². The molecule has 2 aromatic carbocycles. The number of hydrogen-bond acceptors (Lipinski definition) is 5. The summed E-state index contributed by atoms with van der Waals surface area (Å²) in [5.74, 6) is 1.50. The van der Waals surface area contributed by atoms with Gasteiger partial charge in [0.2, 0.25) is 5.95 Å². The maximum absolute atomic E-state index is 6.15. The van der Waals surface area contributed by atoms with Gasteiger partial charge in [-0.2, -0.15) is 4.98 Å². The van der Waals surface area contributed by atoms with Crippen molar-refractivity contribution in [3.8, 4) is 0 Å². The highest BCUT2D eigenvalue weighted by molar-refractivity contribution is 5.44. The van der Waals surface area contributed by atoms with Crippen LogP contribution in [0.4, 0.5) is 11.8 Å². The first-order valence-corrected chi connectivity index (χ1v) is 9.76. The third kappa shape index (κ3) is 4.31. The SMILES string of the molecule is Cc1cc(N2CCO[C@H](CC(c3ccccc3)c3ccccc3)C2)nc(N)n1. The highest BCUT2D eigenvalue weighted by atomic mass is 16.5. The zero-order chi connectivity index (χ0) is 19.3. The van der Waals surface area contributed by atoms with Gasteiger partial charge in [0.25, 0.3) is 0 Å². The molecule has 1 aliphatic heterocycles. The Kier molecular flexibility index (Phi) is 5.53. The summed E-state index contributed by atoms with van der Waals surface area (Å²) in [5.41, 5.74) is 9.37. The monoisotopic (exact) mass is 374 g/mol. The summed E-state index contributed by atoms with van der Waals surface area (Å²) in [4.78, 5) is 10.9. The fraction of sp³-hybridized carbons (Fsp3) is 0.304. The lowest BCUT2D eigenvalue weighted by Crippen LogP contribution is -2.43. The fourth-order valence-electron chi connectivity index (χ4n) is 3.90. The summed E-state index contributed by atoms with van der Waals surface area (Å²) in [6.45, 7) is 4.24. The minimum Gasteiger partial charge on any atom is -0.375 e. The average Bonchev–Trinajstić information content (AvgIpc) is 2.73. The van der Waals surface area contributed by atoms with Crippen LogP contribution in [0.3, 0.4) is 0 Å². The average molecular weight is 374 g/mol. The van der Waals surface area contributed by atoms with Crippen LogP contribution < -0.4 is 10.6 Å². The van der Waals surface area contributed by atoms with Crippen LogP contribution in [0.25, 0.3) is 0 Å². The fourth-order valence-corrected chi connectivity index (χ4v) is 3.90. The van der Waals surface area contributed by atoms with Crippen LogP contribution in [0.15, 0.2) is 66.7 Å². The molecule has 0 saturated carbocycles. The number of nitrogens with two attached hydrogens (primary N) is 1. The Morgan fingerprint density at radius 3 is 2.29 bits per heavy atom. The van der Waals surface area contributed by atoms with Crippen molar-refractivity contribution >= 4 is 11.8 Å². The molecule has 2 N–H and O–H groups in total. The maximum atomic E-state index is 6.15. The molecule has 0 unspecified atom stereocenters. The number of ether oxygens (including phenoxy) is 1. The molecule has 0 aliphatic carbocycles. The van der Waals surface area contributed by atoms with Crippen LogP contribution in [0.5, 0.6) is 0 Å². The van der Waals surface area contributed by atoms with Gasteiger partial charge in [-0.1, -0.05) is 60.7 Å². The number of benzene rings is 2. The van der Waals surface area contributed by atoms with Gasteiger partial charge in [0.1, 0.15) is 5.82 Å². The first-order chi connectivity index (χ1) is 13.7. The van der Waals surface area contributed by atoms with Gasteiger partial charge in [-0.25, -0.2) is 4.98 Å². The number of anilines is 2. The Bertz CT molecular complexity index is 841. The summed E-state index contributed by atoms with van der Waals surface area (Å²) < 4.78 is 6.15. The molecule has 1 fully saturated rings. The first-order valence-electron chi connectivity index (χ1n) is 9.76. The van der Waals surface area contributed by atoms with E-state index < -0.39 is 0 Å². The van der Waals surface area contributed by atoms with Gasteiger partial charge in [-0.05, 0) is 24.5 Å². The highest BCUT2D eigenvalue weighted by Crippen LogP contribution is 2.31. The zero-order valence-electron chi connectivity index (χ0n) is 16.2. The second kappa shape index (κ2) is 8.40. The standard InChI is InChI=1S/C23H26N4O/c1-17-14-22(26-23(24)25-17)27-12-13-28-20(16-27)15-21(18-8-4-2-5-9-18)19-10-6-3-7-11-19/h2-11,14,20-21H,12-13,15-16H2,1H3,(H2,24,25,26)/t20-/m1/s1. The number of aromatic nitrogens is 2. The summed E-state index contributed by atoms with van der Waals surface area (Å²) in [7, 11) is 0. The molecule has 1 aliphatic rings. The van der Waals surface area contributed by atoms with E-state index in [1.165, 1.54) is 11.1 Å². The molecule has 0 radical (unpaired) electrons. The quantitative estimate of drug-likeness (QED) is 0.736. The Hall–Kier alpha value is -2.92. The Labute approximate surface area is 166 Å². The molecule has 0 amide bonds. The molecule has 0 bridgehead atoms. The van der Waals surface area contributed by atoms with Crippen LogP contribution in [-0.4, -0.2) is 35.8 Å². The molecule has 1 atom stereocenters. The Morgan fingerprint density at radius 1 is 1.04 bits per heavy atom. The maximum Gasteiger partial charge on any atom is 0.222 e. The first kappa shape index (κ1) is 18.4. The third-order valence-electron chi connectivity index (χ3n) is 5.22. The second-order valence-electron chi connectivity index (χ2n) is 7.27. The molecule has 5 heteroatoms. The van der Waals surface area contributed by atoms with Gasteiger partial charge in [0.05, 0.1) is 12.7 Å². The van der Waals surface area contributed by atoms with E-state index in [9.17, 15) is 0 Å². The van der Waals surface area contributed by atoms with Gasteiger partial charge in [-0.3, -0.25) is 0 Å². The molecule has 4 rings (SSSR count). The van der Waals surface area contributed by atoms with Crippen molar-refractivity contribution in [2.24, 2.45) is 0 Å². The van der Waals surface area contributed by atoms with E-state index in [0.29, 0.717) is 18.5 Å². The molecule has 0 spiro atoms. The van der Waals surface area contributed by atoms with Crippen molar-refractivity contribution < 1.29 is 4.74 Å². The van der Waals surface area contributed by atoms with E-state index in [1.54, 1.807) is 0 Å².